The van der Waals surface area contributed by atoms with Crippen molar-refractivity contribution in [3.63, 3.8) is 0 Å². The molecule has 1 saturated heterocycles. The second kappa shape index (κ2) is 9.22. The summed E-state index contributed by atoms with van der Waals surface area (Å²) in [4.78, 5) is 38.8. The monoisotopic (exact) mass is 455 g/mol. The van der Waals surface area contributed by atoms with Gasteiger partial charge in [-0.25, -0.2) is 0 Å². The van der Waals surface area contributed by atoms with E-state index in [0.29, 0.717) is 35.5 Å². The highest BCUT2D eigenvalue weighted by atomic mass is 16.5. The zero-order valence-electron chi connectivity index (χ0n) is 19.3. The number of nitrogens with one attached hydrogen (secondary N) is 2. The Kier molecular flexibility index (Phi) is 6.37. The molecular formula is C23H29N5O5. The Hall–Kier alpha value is -3.40. The fourth-order valence-electron chi connectivity index (χ4n) is 4.44. The minimum absolute atomic E-state index is 0.137. The SMILES string of the molecule is CC(=O)Nc1ccc2c(c1)C(=O)N(C)[C@H]1CC[C@H](CC(=O)Nc3cn(C)nc3C)O[C@H]1CO2. The number of fused-ring (bicyclic) bond motifs is 2. The molecule has 2 aliphatic rings. The maximum absolute atomic E-state index is 13.2. The van der Waals surface area contributed by atoms with E-state index in [9.17, 15) is 14.4 Å². The van der Waals surface area contributed by atoms with Crippen LogP contribution in [0.15, 0.2) is 24.4 Å². The number of likely N-dealkylation sites (N-methyl/N-ethyl adjacent to an activating group) is 1. The summed E-state index contributed by atoms with van der Waals surface area (Å²) >= 11 is 0. The van der Waals surface area contributed by atoms with Crippen molar-refractivity contribution >= 4 is 29.1 Å². The maximum Gasteiger partial charge on any atom is 0.257 e. The molecule has 10 nitrogen and oxygen atoms in total. The molecule has 0 spiro atoms. The summed E-state index contributed by atoms with van der Waals surface area (Å²) in [7, 11) is 3.56. The van der Waals surface area contributed by atoms with E-state index >= 15 is 0 Å². The third-order valence-electron chi connectivity index (χ3n) is 6.03. The lowest BCUT2D eigenvalue weighted by atomic mass is 9.94. The fourth-order valence-corrected chi connectivity index (χ4v) is 4.44. The number of carbonyl (C=O) groups excluding carboxylic acids is 3. The Morgan fingerprint density at radius 3 is 2.70 bits per heavy atom. The Balaban J connectivity index is 1.44. The first kappa shape index (κ1) is 22.8. The number of benzene rings is 1. The van der Waals surface area contributed by atoms with E-state index < -0.39 is 0 Å². The topological polar surface area (TPSA) is 115 Å². The molecule has 0 unspecified atom stereocenters. The van der Waals surface area contributed by atoms with Gasteiger partial charge in [-0.05, 0) is 38.0 Å². The van der Waals surface area contributed by atoms with Crippen molar-refractivity contribution < 1.29 is 23.9 Å². The highest BCUT2D eigenvalue weighted by Crippen LogP contribution is 2.32. The van der Waals surface area contributed by atoms with E-state index in [1.807, 2.05) is 6.92 Å². The maximum atomic E-state index is 13.2. The van der Waals surface area contributed by atoms with E-state index in [1.165, 1.54) is 6.92 Å². The standard InChI is InChI=1S/C23H29N5O5/c1-13-18(11-27(3)26-13)25-22(30)10-16-6-7-19-21(33-16)12-32-20-8-5-15(24-14(2)29)9-17(20)23(31)28(19)4/h5,8-9,11,16,19,21H,6-7,10,12H2,1-4H3,(H,24,29)(H,25,30)/t16-,19+,21+/m1/s1. The van der Waals surface area contributed by atoms with Gasteiger partial charge in [-0.15, -0.1) is 0 Å². The Morgan fingerprint density at radius 2 is 2.00 bits per heavy atom. The second-order valence-corrected chi connectivity index (χ2v) is 8.61. The van der Waals surface area contributed by atoms with Gasteiger partial charge < -0.3 is 25.0 Å². The molecule has 1 aromatic heterocycles. The first-order chi connectivity index (χ1) is 15.7. The molecule has 0 saturated carbocycles. The van der Waals surface area contributed by atoms with Gasteiger partial charge in [0.25, 0.3) is 5.91 Å². The van der Waals surface area contributed by atoms with E-state index in [1.54, 1.807) is 48.1 Å². The van der Waals surface area contributed by atoms with Gasteiger partial charge in [-0.1, -0.05) is 0 Å². The number of nitrogens with zero attached hydrogens (tertiary/aromatic N) is 3. The number of aryl methyl sites for hydroxylation is 2. The number of aromatic nitrogens is 2. The molecule has 3 atom stereocenters. The zero-order chi connectivity index (χ0) is 23.7. The van der Waals surface area contributed by atoms with Gasteiger partial charge >= 0.3 is 0 Å². The van der Waals surface area contributed by atoms with Crippen LogP contribution in [-0.2, 0) is 21.4 Å². The van der Waals surface area contributed by atoms with Gasteiger partial charge in [-0.2, -0.15) is 5.10 Å². The predicted octanol–water partition coefficient (Wildman–Crippen LogP) is 2.10. The molecule has 3 heterocycles. The van der Waals surface area contributed by atoms with Crippen LogP contribution in [0.4, 0.5) is 11.4 Å². The van der Waals surface area contributed by atoms with Gasteiger partial charge in [0.2, 0.25) is 11.8 Å². The minimum Gasteiger partial charge on any atom is -0.490 e. The number of ether oxygens (including phenoxy) is 2. The summed E-state index contributed by atoms with van der Waals surface area (Å²) in [6.45, 7) is 3.52. The quantitative estimate of drug-likeness (QED) is 0.730. The van der Waals surface area contributed by atoms with Crippen LogP contribution in [-0.4, -0.2) is 64.3 Å². The Labute approximate surface area is 192 Å². The molecule has 0 bridgehead atoms. The van der Waals surface area contributed by atoms with E-state index in [0.717, 1.165) is 5.69 Å². The first-order valence-corrected chi connectivity index (χ1v) is 11.0. The van der Waals surface area contributed by atoms with Gasteiger partial charge in [0, 0.05) is 32.9 Å². The zero-order valence-corrected chi connectivity index (χ0v) is 19.3. The number of carbonyl (C=O) groups is 3. The van der Waals surface area contributed by atoms with Crippen molar-refractivity contribution in [2.45, 2.75) is 51.4 Å². The van der Waals surface area contributed by atoms with Crippen LogP contribution >= 0.6 is 0 Å². The van der Waals surface area contributed by atoms with Gasteiger partial charge in [-0.3, -0.25) is 19.1 Å². The minimum atomic E-state index is -0.353. The van der Waals surface area contributed by atoms with Crippen molar-refractivity contribution in [1.29, 1.82) is 0 Å². The fraction of sp³-hybridized carbons (Fsp3) is 0.478. The van der Waals surface area contributed by atoms with E-state index in [-0.39, 0.29) is 49.0 Å². The van der Waals surface area contributed by atoms with Gasteiger partial charge in [0.05, 0.1) is 35.5 Å². The van der Waals surface area contributed by atoms with Crippen molar-refractivity contribution in [3.8, 4) is 5.75 Å². The molecule has 10 heteroatoms. The molecule has 3 amide bonds. The molecule has 2 N–H and O–H groups in total. The third kappa shape index (κ3) is 5.00. The molecule has 0 radical (unpaired) electrons. The van der Waals surface area contributed by atoms with Crippen LogP contribution in [0.3, 0.4) is 0 Å². The van der Waals surface area contributed by atoms with Crippen molar-refractivity contribution in [1.82, 2.24) is 14.7 Å². The third-order valence-corrected chi connectivity index (χ3v) is 6.03. The van der Waals surface area contributed by atoms with E-state index in [4.69, 9.17) is 9.47 Å². The average Bonchev–Trinajstić information content (AvgIpc) is 3.07. The number of hydrogen-bond acceptors (Lipinski definition) is 6. The summed E-state index contributed by atoms with van der Waals surface area (Å²) in [5, 5.41) is 9.82. The number of anilines is 2. The molecule has 176 valence electrons. The number of rotatable bonds is 4. The van der Waals surface area contributed by atoms with Crippen LogP contribution in [0.2, 0.25) is 0 Å². The lowest BCUT2D eigenvalue weighted by molar-refractivity contribution is -0.130. The normalized spacial score (nSPS) is 22.4. The summed E-state index contributed by atoms with van der Waals surface area (Å²) in [6.07, 6.45) is 2.71. The summed E-state index contributed by atoms with van der Waals surface area (Å²) in [5.74, 6) is -0.104. The lowest BCUT2D eigenvalue weighted by Gasteiger charge is -2.42. The van der Waals surface area contributed by atoms with Crippen LogP contribution < -0.4 is 15.4 Å². The van der Waals surface area contributed by atoms with Crippen molar-refractivity contribution in [2.75, 3.05) is 24.3 Å². The lowest BCUT2D eigenvalue weighted by Crippen LogP contribution is -2.53. The van der Waals surface area contributed by atoms with Crippen LogP contribution in [0.5, 0.6) is 5.75 Å². The number of amides is 3. The second-order valence-electron chi connectivity index (χ2n) is 8.61. The molecule has 33 heavy (non-hydrogen) atoms. The molecule has 2 aromatic rings. The largest absolute Gasteiger partial charge is 0.490 e. The number of hydrogen-bond donors (Lipinski definition) is 2. The predicted molar refractivity (Wildman–Crippen MR) is 121 cm³/mol. The van der Waals surface area contributed by atoms with Crippen molar-refractivity contribution in [3.05, 3.63) is 35.7 Å². The van der Waals surface area contributed by atoms with Crippen LogP contribution in [0, 0.1) is 6.92 Å². The van der Waals surface area contributed by atoms with Gasteiger partial charge in [0.1, 0.15) is 18.5 Å². The Morgan fingerprint density at radius 1 is 1.21 bits per heavy atom. The van der Waals surface area contributed by atoms with Crippen LogP contribution in [0.25, 0.3) is 0 Å². The highest BCUT2D eigenvalue weighted by Gasteiger charge is 2.39. The first-order valence-electron chi connectivity index (χ1n) is 11.0. The average molecular weight is 456 g/mol. The van der Waals surface area contributed by atoms with Gasteiger partial charge in [0.15, 0.2) is 0 Å². The molecule has 2 aliphatic heterocycles. The Bertz CT molecular complexity index is 1080. The molecular weight excluding hydrogens is 426 g/mol. The van der Waals surface area contributed by atoms with Crippen LogP contribution in [0.1, 0.15) is 42.2 Å². The molecule has 4 rings (SSSR count). The summed E-state index contributed by atoms with van der Waals surface area (Å²) < 4.78 is 13.8. The molecule has 1 fully saturated rings. The molecule has 1 aromatic carbocycles. The highest BCUT2D eigenvalue weighted by molar-refractivity contribution is 5.99. The van der Waals surface area contributed by atoms with E-state index in [2.05, 4.69) is 15.7 Å². The van der Waals surface area contributed by atoms with Crippen molar-refractivity contribution in [2.24, 2.45) is 7.05 Å². The molecule has 0 aliphatic carbocycles. The smallest absolute Gasteiger partial charge is 0.257 e. The summed E-state index contributed by atoms with van der Waals surface area (Å²) in [5.41, 5.74) is 2.38. The summed E-state index contributed by atoms with van der Waals surface area (Å²) in [6, 6.07) is 4.83.